The average molecular weight is 647 g/mol. The summed E-state index contributed by atoms with van der Waals surface area (Å²) < 4.78 is 22.6. The predicted molar refractivity (Wildman–Crippen MR) is 159 cm³/mol. The Kier molecular flexibility index (Phi) is 12.3. The molecule has 0 aromatic heterocycles. The molecular weight excluding hydrogens is 592 g/mol. The third-order valence-electron chi connectivity index (χ3n) is 11.1. The highest BCUT2D eigenvalue weighted by atomic mass is 16.7. The van der Waals surface area contributed by atoms with Gasteiger partial charge in [0.15, 0.2) is 12.6 Å². The average Bonchev–Trinajstić information content (AvgIpc) is 3.01. The normalized spacial score (nSPS) is 47.9. The van der Waals surface area contributed by atoms with Crippen LogP contribution >= 0.6 is 0 Å². The molecule has 2 saturated heterocycles. The molecule has 2 aliphatic carbocycles. The lowest BCUT2D eigenvalue weighted by Gasteiger charge is -2.60. The van der Waals surface area contributed by atoms with Gasteiger partial charge in [-0.3, -0.25) is 0 Å². The van der Waals surface area contributed by atoms with E-state index >= 15 is 0 Å². The lowest BCUT2D eigenvalue weighted by molar-refractivity contribution is -0.313. The molecule has 0 aromatic carbocycles. The summed E-state index contributed by atoms with van der Waals surface area (Å²) in [6.45, 7) is 9.69. The topological polar surface area (TPSA) is 219 Å². The molecule has 2 heterocycles. The van der Waals surface area contributed by atoms with Gasteiger partial charge >= 0.3 is 0 Å². The molecule has 4 fully saturated rings. The van der Waals surface area contributed by atoms with Crippen LogP contribution in [0.2, 0.25) is 0 Å². The molecule has 15 atom stereocenters. The number of hydrogen-bond acceptors (Lipinski definition) is 13. The van der Waals surface area contributed by atoms with Gasteiger partial charge in [-0.05, 0) is 62.7 Å². The molecule has 0 spiro atoms. The number of rotatable bonds is 11. The van der Waals surface area contributed by atoms with Crippen molar-refractivity contribution in [2.75, 3.05) is 26.4 Å². The summed E-state index contributed by atoms with van der Waals surface area (Å²) in [5, 5.41) is 91.2. The SMILES string of the molecule is C=C1CC[C@@H]2[C@@](C)(CO[C@@H]3O[C@H](CO)[C@@H](O)[C@H](O)[C@H]3O)[C@H](O)CC[C@@]2(C)[C@@H]1CCC(C)=CCO[C@@H]1O[C@H](CO)[C@@H](O)[C@H](O)[C@H]1O. The van der Waals surface area contributed by atoms with Gasteiger partial charge in [0.2, 0.25) is 0 Å². The lowest BCUT2D eigenvalue weighted by atomic mass is 9.46. The van der Waals surface area contributed by atoms with Crippen molar-refractivity contribution in [1.29, 1.82) is 0 Å². The first-order valence-electron chi connectivity index (χ1n) is 16.0. The van der Waals surface area contributed by atoms with Crippen LogP contribution in [-0.2, 0) is 18.9 Å². The molecule has 2 aliphatic heterocycles. The van der Waals surface area contributed by atoms with Crippen molar-refractivity contribution < 1.29 is 64.9 Å². The standard InChI is InChI=1S/C32H54O13/c1-16(10-12-42-29-27(40)25(38)23(36)19(13-33)44-29)5-7-18-17(2)6-8-21-31(18,3)11-9-22(35)32(21,4)15-43-30-28(41)26(39)24(37)20(14-34)45-30/h10,18-30,33-41H,2,5-9,11-15H2,1,3-4H3/t18-,19-,20-,21+,22-,23-,24-,25+,26+,27-,28-,29-,30-,31+,32-/m1/s1. The molecule has 0 bridgehead atoms. The fraction of sp³-hybridized carbons (Fsp3) is 0.875. The fourth-order valence-corrected chi connectivity index (χ4v) is 8.15. The predicted octanol–water partition coefficient (Wildman–Crippen LogP) is -0.904. The van der Waals surface area contributed by atoms with E-state index in [2.05, 4.69) is 13.5 Å². The first kappa shape index (κ1) is 36.8. The van der Waals surface area contributed by atoms with Crippen LogP contribution in [0.5, 0.6) is 0 Å². The van der Waals surface area contributed by atoms with E-state index in [1.807, 2.05) is 19.9 Å². The minimum Gasteiger partial charge on any atom is -0.394 e. The molecule has 13 nitrogen and oxygen atoms in total. The summed E-state index contributed by atoms with van der Waals surface area (Å²) in [7, 11) is 0. The first-order valence-corrected chi connectivity index (χ1v) is 16.0. The molecule has 2 saturated carbocycles. The largest absolute Gasteiger partial charge is 0.394 e. The zero-order chi connectivity index (χ0) is 33.3. The molecule has 13 heteroatoms. The third-order valence-corrected chi connectivity index (χ3v) is 11.1. The third kappa shape index (κ3) is 7.36. The Morgan fingerprint density at radius 1 is 0.844 bits per heavy atom. The van der Waals surface area contributed by atoms with Gasteiger partial charge in [0, 0.05) is 5.41 Å². The second kappa shape index (κ2) is 15.0. The Morgan fingerprint density at radius 2 is 1.40 bits per heavy atom. The van der Waals surface area contributed by atoms with Crippen LogP contribution in [0.15, 0.2) is 23.8 Å². The van der Waals surface area contributed by atoms with Gasteiger partial charge in [-0.15, -0.1) is 0 Å². The van der Waals surface area contributed by atoms with Crippen molar-refractivity contribution in [3.8, 4) is 0 Å². The molecule has 0 amide bonds. The van der Waals surface area contributed by atoms with E-state index in [0.29, 0.717) is 6.42 Å². The van der Waals surface area contributed by atoms with E-state index in [1.165, 1.54) is 0 Å². The van der Waals surface area contributed by atoms with Crippen molar-refractivity contribution in [2.45, 2.75) is 127 Å². The van der Waals surface area contributed by atoms with Crippen LogP contribution in [0.3, 0.4) is 0 Å². The number of aliphatic hydroxyl groups is 9. The number of fused-ring (bicyclic) bond motifs is 1. The fourth-order valence-electron chi connectivity index (χ4n) is 8.15. The van der Waals surface area contributed by atoms with Crippen LogP contribution in [0.1, 0.15) is 59.3 Å². The van der Waals surface area contributed by atoms with Gasteiger partial charge in [0.25, 0.3) is 0 Å². The van der Waals surface area contributed by atoms with Crippen LogP contribution in [0.4, 0.5) is 0 Å². The number of hydrogen-bond donors (Lipinski definition) is 9. The highest BCUT2D eigenvalue weighted by Gasteiger charge is 2.58. The zero-order valence-electron chi connectivity index (χ0n) is 26.5. The molecule has 45 heavy (non-hydrogen) atoms. The minimum absolute atomic E-state index is 0.0462. The van der Waals surface area contributed by atoms with E-state index in [4.69, 9.17) is 18.9 Å². The molecule has 4 rings (SSSR count). The second-order valence-corrected chi connectivity index (χ2v) is 14.0. The lowest BCUT2D eigenvalue weighted by Crippen LogP contribution is -2.61. The van der Waals surface area contributed by atoms with E-state index in [9.17, 15) is 46.0 Å². The molecule has 0 aromatic rings. The van der Waals surface area contributed by atoms with Crippen LogP contribution < -0.4 is 0 Å². The minimum atomic E-state index is -1.54. The second-order valence-electron chi connectivity index (χ2n) is 14.0. The van der Waals surface area contributed by atoms with E-state index in [0.717, 1.165) is 43.3 Å². The number of ether oxygens (including phenoxy) is 4. The zero-order valence-corrected chi connectivity index (χ0v) is 26.5. The van der Waals surface area contributed by atoms with E-state index in [1.54, 1.807) is 0 Å². The maximum atomic E-state index is 11.3. The summed E-state index contributed by atoms with van der Waals surface area (Å²) in [5.74, 6) is 0.206. The van der Waals surface area contributed by atoms with Gasteiger partial charge in [-0.2, -0.15) is 0 Å². The van der Waals surface area contributed by atoms with Crippen LogP contribution in [0, 0.1) is 22.7 Å². The highest BCUT2D eigenvalue weighted by molar-refractivity contribution is 5.18. The molecular formula is C32H54O13. The highest BCUT2D eigenvalue weighted by Crippen LogP contribution is 2.62. The van der Waals surface area contributed by atoms with Crippen molar-refractivity contribution in [1.82, 2.24) is 0 Å². The van der Waals surface area contributed by atoms with E-state index < -0.39 is 86.1 Å². The first-order chi connectivity index (χ1) is 21.2. The van der Waals surface area contributed by atoms with Gasteiger partial charge in [0.1, 0.15) is 48.8 Å². The number of allylic oxidation sites excluding steroid dienone is 2. The summed E-state index contributed by atoms with van der Waals surface area (Å²) in [4.78, 5) is 0. The maximum Gasteiger partial charge on any atom is 0.187 e. The summed E-state index contributed by atoms with van der Waals surface area (Å²) in [6, 6.07) is 0. The Balaban J connectivity index is 1.39. The van der Waals surface area contributed by atoms with Gasteiger partial charge in [-0.1, -0.05) is 37.6 Å². The van der Waals surface area contributed by atoms with Gasteiger partial charge in [0.05, 0.1) is 32.5 Å². The Labute approximate surface area is 264 Å². The van der Waals surface area contributed by atoms with E-state index in [-0.39, 0.29) is 30.5 Å². The molecule has 9 N–H and O–H groups in total. The summed E-state index contributed by atoms with van der Waals surface area (Å²) in [5.41, 5.74) is 1.31. The van der Waals surface area contributed by atoms with Crippen LogP contribution in [0.25, 0.3) is 0 Å². The quantitative estimate of drug-likeness (QED) is 0.124. The van der Waals surface area contributed by atoms with Crippen molar-refractivity contribution in [3.63, 3.8) is 0 Å². The Hall–Kier alpha value is -1.04. The molecule has 0 radical (unpaired) electrons. The monoisotopic (exact) mass is 646 g/mol. The van der Waals surface area contributed by atoms with Crippen LogP contribution in [-0.4, -0.2) is 140 Å². The Morgan fingerprint density at radius 3 is 1.96 bits per heavy atom. The molecule has 0 unspecified atom stereocenters. The molecule has 4 aliphatic rings. The Bertz CT molecular complexity index is 1020. The van der Waals surface area contributed by atoms with Gasteiger partial charge < -0.3 is 64.9 Å². The van der Waals surface area contributed by atoms with Crippen molar-refractivity contribution >= 4 is 0 Å². The van der Waals surface area contributed by atoms with Crippen molar-refractivity contribution in [2.24, 2.45) is 22.7 Å². The van der Waals surface area contributed by atoms with Crippen molar-refractivity contribution in [3.05, 3.63) is 23.8 Å². The summed E-state index contributed by atoms with van der Waals surface area (Å²) in [6.07, 6.45) is -7.84. The maximum absolute atomic E-state index is 11.3. The molecule has 260 valence electrons. The number of aliphatic hydroxyl groups excluding tert-OH is 9. The van der Waals surface area contributed by atoms with Gasteiger partial charge in [-0.25, -0.2) is 0 Å². The smallest absolute Gasteiger partial charge is 0.187 e. The summed E-state index contributed by atoms with van der Waals surface area (Å²) >= 11 is 0.